The van der Waals surface area contributed by atoms with E-state index in [0.717, 1.165) is 12.8 Å². The summed E-state index contributed by atoms with van der Waals surface area (Å²) >= 11 is 0. The predicted octanol–water partition coefficient (Wildman–Crippen LogP) is 2.29. The molecule has 23 heavy (non-hydrogen) atoms. The Labute approximate surface area is 135 Å². The molecule has 0 aliphatic carbocycles. The lowest BCUT2D eigenvalue weighted by Gasteiger charge is -2.22. The molecule has 0 fully saturated rings. The van der Waals surface area contributed by atoms with Gasteiger partial charge in [-0.25, -0.2) is 24.0 Å². The largest absolute Gasteiger partial charge is 0.234 e. The minimum Gasteiger partial charge on any atom is -0.234 e. The van der Waals surface area contributed by atoms with Gasteiger partial charge in [-0.15, -0.1) is 0 Å². The molecule has 5 nitrogen and oxygen atoms in total. The van der Waals surface area contributed by atoms with Crippen molar-refractivity contribution in [2.45, 2.75) is 39.5 Å². The lowest BCUT2D eigenvalue weighted by molar-refractivity contribution is 0.563. The van der Waals surface area contributed by atoms with Crippen molar-refractivity contribution in [3.63, 3.8) is 0 Å². The van der Waals surface area contributed by atoms with Crippen molar-refractivity contribution in [1.29, 1.82) is 0 Å². The second-order valence-electron chi connectivity index (χ2n) is 4.92. The van der Waals surface area contributed by atoms with Crippen molar-refractivity contribution in [3.05, 3.63) is 22.5 Å². The molecule has 6 heteroatoms. The number of allylic oxidation sites excluding steroid dienone is 4. The van der Waals surface area contributed by atoms with Gasteiger partial charge < -0.3 is 0 Å². The number of rotatable bonds is 10. The van der Waals surface area contributed by atoms with Gasteiger partial charge in [-0.3, -0.25) is 0 Å². The van der Waals surface area contributed by atoms with Crippen LogP contribution in [0.25, 0.3) is 0 Å². The minimum absolute atomic E-state index is 0.186. The molecule has 0 heterocycles. The third kappa shape index (κ3) is 5.50. The quantitative estimate of drug-likeness (QED) is 0.348. The fraction of sp³-hybridized carbons (Fsp3) is 0.471. The van der Waals surface area contributed by atoms with Gasteiger partial charge in [-0.1, -0.05) is 26.7 Å². The maximum absolute atomic E-state index is 11.7. The first kappa shape index (κ1) is 20.8. The maximum atomic E-state index is 11.7. The van der Waals surface area contributed by atoms with Crippen LogP contribution in [0, 0.1) is 0 Å². The van der Waals surface area contributed by atoms with Gasteiger partial charge in [-0.2, -0.15) is 0 Å². The highest BCUT2D eigenvalue weighted by Crippen LogP contribution is 2.57. The van der Waals surface area contributed by atoms with Gasteiger partial charge in [-0.05, 0) is 25.2 Å². The molecule has 0 aromatic heterocycles. The third-order valence-corrected chi connectivity index (χ3v) is 7.09. The van der Waals surface area contributed by atoms with E-state index in [1.54, 1.807) is 5.94 Å². The van der Waals surface area contributed by atoms with E-state index >= 15 is 0 Å². The summed E-state index contributed by atoms with van der Waals surface area (Å²) in [6.07, 6.45) is 4.45. The average Bonchev–Trinajstić information content (AvgIpc) is 2.59. The van der Waals surface area contributed by atoms with Crippen molar-refractivity contribution in [2.75, 3.05) is 12.3 Å². The molecule has 0 atom stereocenters. The molecule has 0 saturated carbocycles. The molecule has 0 unspecified atom stereocenters. The highest BCUT2D eigenvalue weighted by atomic mass is 31.2. The molecule has 0 spiro atoms. The summed E-state index contributed by atoms with van der Waals surface area (Å²) in [7, 11) is 0. The van der Waals surface area contributed by atoms with Crippen LogP contribution < -0.4 is 0 Å². The topological polar surface area (TPSA) is 85.3 Å². The molecule has 0 aromatic carbocycles. The lowest BCUT2D eigenvalue weighted by atomic mass is 10.1. The van der Waals surface area contributed by atoms with Crippen molar-refractivity contribution in [2.24, 2.45) is 0 Å². The van der Waals surface area contributed by atoms with Crippen LogP contribution in [0.5, 0.6) is 0 Å². The fourth-order valence-corrected chi connectivity index (χ4v) is 5.55. The summed E-state index contributed by atoms with van der Waals surface area (Å²) in [6.45, 7) is 1.13. The summed E-state index contributed by atoms with van der Waals surface area (Å²) in [6, 6.07) is 0. The summed E-state index contributed by atoms with van der Waals surface area (Å²) in [5.74, 6) is 5.91. The van der Waals surface area contributed by atoms with E-state index in [4.69, 9.17) is 0 Å². The Morgan fingerprint density at radius 1 is 0.870 bits per heavy atom. The zero-order valence-corrected chi connectivity index (χ0v) is 14.2. The molecule has 0 amide bonds. The molecule has 0 aromatic rings. The van der Waals surface area contributed by atoms with Crippen LogP contribution >= 0.6 is 6.89 Å². The highest BCUT2D eigenvalue weighted by Gasteiger charge is 2.30. The zero-order valence-electron chi connectivity index (χ0n) is 13.3. The monoisotopic (exact) mass is 334 g/mol. The summed E-state index contributed by atoms with van der Waals surface area (Å²) in [5.41, 5.74) is 1.11. The van der Waals surface area contributed by atoms with E-state index in [0.29, 0.717) is 31.2 Å². The Hall–Kier alpha value is -2.19. The van der Waals surface area contributed by atoms with E-state index in [9.17, 15) is 24.0 Å². The van der Waals surface area contributed by atoms with Crippen LogP contribution in [-0.2, 0) is 24.0 Å². The van der Waals surface area contributed by atoms with Gasteiger partial charge in [0.25, 0.3) is 0 Å². The van der Waals surface area contributed by atoms with Gasteiger partial charge in [0.05, 0.1) is 16.5 Å². The van der Waals surface area contributed by atoms with Crippen molar-refractivity contribution < 1.29 is 24.0 Å². The molecular formula is C17H19O5P. The van der Waals surface area contributed by atoms with Crippen LogP contribution in [-0.4, -0.2) is 41.8 Å². The van der Waals surface area contributed by atoms with E-state index in [1.807, 2.05) is 19.5 Å². The second kappa shape index (κ2) is 11.4. The van der Waals surface area contributed by atoms with Crippen LogP contribution in [0.2, 0.25) is 0 Å². The summed E-state index contributed by atoms with van der Waals surface area (Å²) in [5, 5.41) is -0.186. The van der Waals surface area contributed by atoms with Gasteiger partial charge in [0.2, 0.25) is 0 Å². The molecule has 0 saturated heterocycles. The molecule has 0 aliphatic heterocycles. The molecule has 122 valence electrons. The van der Waals surface area contributed by atoms with Crippen LogP contribution in [0.3, 0.4) is 0 Å². The molecule has 0 aliphatic rings. The number of unbranched alkanes of at least 4 members (excludes halogenated alkanes) is 2. The lowest BCUT2D eigenvalue weighted by Crippen LogP contribution is -2.06. The summed E-state index contributed by atoms with van der Waals surface area (Å²) in [4.78, 5) is 55.9. The van der Waals surface area contributed by atoms with Crippen LogP contribution in [0.1, 0.15) is 39.5 Å². The second-order valence-corrected chi connectivity index (χ2v) is 8.38. The van der Waals surface area contributed by atoms with Gasteiger partial charge in [0, 0.05) is 13.0 Å². The number of hydrogen-bond acceptors (Lipinski definition) is 5. The highest BCUT2D eigenvalue weighted by molar-refractivity contribution is 7.78. The average molecular weight is 334 g/mol. The first-order chi connectivity index (χ1) is 11.1. The Bertz CT molecular complexity index is 689. The van der Waals surface area contributed by atoms with E-state index in [-0.39, 0.29) is 5.31 Å². The minimum atomic E-state index is -2.75. The van der Waals surface area contributed by atoms with E-state index < -0.39 is 18.0 Å². The van der Waals surface area contributed by atoms with Crippen LogP contribution in [0.15, 0.2) is 22.5 Å². The predicted molar refractivity (Wildman–Crippen MR) is 90.0 cm³/mol. The Morgan fingerprint density at radius 3 is 1.74 bits per heavy atom. The Morgan fingerprint density at radius 2 is 1.43 bits per heavy atom. The standard InChI is InChI=1S/C17H19O5P/c1-3-5-9-23(14-22,10-6-4-2)17(13-21)16(12-20)15(11-19)7-8-18/h7H,3-6,9-10H2,1-2H3. The third-order valence-electron chi connectivity index (χ3n) is 3.41. The molecule has 0 radical (unpaired) electrons. The normalized spacial score (nSPS) is 9.48. The Balaban J connectivity index is 6.34. The van der Waals surface area contributed by atoms with Crippen molar-refractivity contribution in [1.82, 2.24) is 0 Å². The first-order valence-electron chi connectivity index (χ1n) is 7.34. The van der Waals surface area contributed by atoms with Crippen molar-refractivity contribution in [3.8, 4) is 0 Å². The molecule has 0 N–H and O–H groups in total. The van der Waals surface area contributed by atoms with Gasteiger partial charge >= 0.3 is 0 Å². The first-order valence-corrected chi connectivity index (χ1v) is 9.50. The van der Waals surface area contributed by atoms with Crippen LogP contribution in [0.4, 0.5) is 0 Å². The SMILES string of the molecule is CCCCP(=C=O)(CCCC)C(=C=O)C(=C=O)C(=C=O)C=C=O. The van der Waals surface area contributed by atoms with Gasteiger partial charge in [0.1, 0.15) is 29.4 Å². The zero-order chi connectivity index (χ0) is 17.7. The molecule has 0 bridgehead atoms. The number of carbonyl (C=O) groups excluding carboxylic acids is 5. The molecule has 0 rings (SSSR count). The number of hydrogen-bond donors (Lipinski definition) is 0. The Kier molecular flexibility index (Phi) is 10.3. The smallest absolute Gasteiger partial charge is 0.135 e. The van der Waals surface area contributed by atoms with E-state index in [2.05, 4.69) is 0 Å². The van der Waals surface area contributed by atoms with E-state index in [1.165, 1.54) is 17.8 Å². The summed E-state index contributed by atoms with van der Waals surface area (Å²) < 4.78 is 0. The maximum Gasteiger partial charge on any atom is 0.135 e. The molecular weight excluding hydrogens is 315 g/mol. The van der Waals surface area contributed by atoms with Gasteiger partial charge in [0.15, 0.2) is 0 Å². The fourth-order valence-electron chi connectivity index (χ4n) is 2.12. The van der Waals surface area contributed by atoms with Crippen molar-refractivity contribution >= 4 is 36.3 Å².